The largest absolute Gasteiger partial charge is 0.497 e. The van der Waals surface area contributed by atoms with Crippen molar-refractivity contribution >= 4 is 28.1 Å². The van der Waals surface area contributed by atoms with E-state index >= 15 is 0 Å². The van der Waals surface area contributed by atoms with E-state index in [0.29, 0.717) is 16.2 Å². The number of ether oxygens (including phenoxy) is 1. The molecule has 0 amide bonds. The van der Waals surface area contributed by atoms with Gasteiger partial charge in [0.15, 0.2) is 5.76 Å². The Hall–Kier alpha value is -2.07. The van der Waals surface area contributed by atoms with Gasteiger partial charge in [-0.3, -0.25) is 4.79 Å². The van der Waals surface area contributed by atoms with Crippen LogP contribution in [0.5, 0.6) is 5.75 Å². The van der Waals surface area contributed by atoms with E-state index in [1.165, 1.54) is 11.3 Å². The Morgan fingerprint density at radius 3 is 2.84 bits per heavy atom. The lowest BCUT2D eigenvalue weighted by Crippen LogP contribution is -1.98. The molecule has 0 saturated carbocycles. The Bertz CT molecular complexity index is 738. The zero-order chi connectivity index (χ0) is 13.4. The number of carbonyl (C=O) groups is 1. The van der Waals surface area contributed by atoms with Crippen molar-refractivity contribution < 1.29 is 13.9 Å². The first-order chi connectivity index (χ1) is 9.20. The summed E-state index contributed by atoms with van der Waals surface area (Å²) in [4.78, 5) is 13.0. The van der Waals surface area contributed by atoms with Crippen LogP contribution in [0.1, 0.15) is 21.0 Å². The van der Waals surface area contributed by atoms with Crippen LogP contribution < -0.4 is 4.74 Å². The minimum Gasteiger partial charge on any atom is -0.497 e. The molecule has 3 nitrogen and oxygen atoms in total. The molecule has 3 rings (SSSR count). The number of fused-ring (bicyclic) bond motifs is 1. The molecule has 2 heterocycles. The number of benzene rings is 1. The molecular formula is C15H12O3S. The predicted molar refractivity (Wildman–Crippen MR) is 75.3 cm³/mol. The van der Waals surface area contributed by atoms with Crippen LogP contribution in [0.2, 0.25) is 0 Å². The topological polar surface area (TPSA) is 39.4 Å². The maximum atomic E-state index is 12.3. The summed E-state index contributed by atoms with van der Waals surface area (Å²) in [6.45, 7) is 1.89. The Balaban J connectivity index is 2.15. The smallest absolute Gasteiger partial charge is 0.238 e. The van der Waals surface area contributed by atoms with Crippen LogP contribution in [0.15, 0.2) is 40.1 Å². The molecule has 0 bridgehead atoms. The SMILES string of the molecule is COc1ccc2oc(C(=O)c3cccs3)c(C)c2c1. The first-order valence-electron chi connectivity index (χ1n) is 5.86. The van der Waals surface area contributed by atoms with Gasteiger partial charge >= 0.3 is 0 Å². The predicted octanol–water partition coefficient (Wildman–Crippen LogP) is 4.04. The second-order valence-electron chi connectivity index (χ2n) is 4.22. The molecule has 0 unspecified atom stereocenters. The van der Waals surface area contributed by atoms with E-state index in [4.69, 9.17) is 9.15 Å². The van der Waals surface area contributed by atoms with Crippen LogP contribution >= 0.6 is 11.3 Å². The minimum atomic E-state index is -0.0670. The molecule has 0 aliphatic rings. The molecular weight excluding hydrogens is 260 g/mol. The third kappa shape index (κ3) is 1.94. The van der Waals surface area contributed by atoms with Gasteiger partial charge in [-0.1, -0.05) is 6.07 Å². The first-order valence-corrected chi connectivity index (χ1v) is 6.74. The van der Waals surface area contributed by atoms with Crippen LogP contribution in [0.3, 0.4) is 0 Å². The number of carbonyl (C=O) groups excluding carboxylic acids is 1. The molecule has 0 N–H and O–H groups in total. The number of aryl methyl sites for hydroxylation is 1. The molecule has 4 heteroatoms. The summed E-state index contributed by atoms with van der Waals surface area (Å²) >= 11 is 1.42. The Morgan fingerprint density at radius 1 is 1.32 bits per heavy atom. The summed E-state index contributed by atoms with van der Waals surface area (Å²) in [5.41, 5.74) is 1.56. The van der Waals surface area contributed by atoms with Crippen molar-refractivity contribution in [3.8, 4) is 5.75 Å². The first kappa shape index (κ1) is 12.0. The zero-order valence-corrected chi connectivity index (χ0v) is 11.4. The number of methoxy groups -OCH3 is 1. The maximum absolute atomic E-state index is 12.3. The summed E-state index contributed by atoms with van der Waals surface area (Å²) in [6.07, 6.45) is 0. The van der Waals surface area contributed by atoms with E-state index in [2.05, 4.69) is 0 Å². The molecule has 1 aromatic carbocycles. The number of hydrogen-bond acceptors (Lipinski definition) is 4. The average Bonchev–Trinajstić information content (AvgIpc) is 3.06. The maximum Gasteiger partial charge on any atom is 0.238 e. The van der Waals surface area contributed by atoms with Crippen LogP contribution in [0.25, 0.3) is 11.0 Å². The average molecular weight is 272 g/mol. The lowest BCUT2D eigenvalue weighted by Gasteiger charge is -1.97. The normalized spacial score (nSPS) is 10.8. The zero-order valence-electron chi connectivity index (χ0n) is 10.6. The van der Waals surface area contributed by atoms with Gasteiger partial charge in [-0.25, -0.2) is 0 Å². The second-order valence-corrected chi connectivity index (χ2v) is 5.17. The van der Waals surface area contributed by atoms with Gasteiger partial charge in [-0.05, 0) is 36.6 Å². The van der Waals surface area contributed by atoms with Crippen LogP contribution in [-0.2, 0) is 0 Å². The van der Waals surface area contributed by atoms with Crippen molar-refractivity contribution in [2.24, 2.45) is 0 Å². The molecule has 0 radical (unpaired) electrons. The molecule has 3 aromatic rings. The summed E-state index contributed by atoms with van der Waals surface area (Å²) < 4.78 is 10.9. The molecule has 0 spiro atoms. The fourth-order valence-electron chi connectivity index (χ4n) is 2.06. The molecule has 2 aromatic heterocycles. The van der Waals surface area contributed by atoms with Crippen LogP contribution in [0, 0.1) is 6.92 Å². The van der Waals surface area contributed by atoms with Gasteiger partial charge in [0, 0.05) is 10.9 Å². The van der Waals surface area contributed by atoms with Gasteiger partial charge in [0.1, 0.15) is 11.3 Å². The highest BCUT2D eigenvalue weighted by Gasteiger charge is 2.20. The van der Waals surface area contributed by atoms with Gasteiger partial charge < -0.3 is 9.15 Å². The van der Waals surface area contributed by atoms with E-state index in [9.17, 15) is 4.79 Å². The highest BCUT2D eigenvalue weighted by Crippen LogP contribution is 2.30. The molecule has 19 heavy (non-hydrogen) atoms. The van der Waals surface area contributed by atoms with E-state index in [1.807, 2.05) is 36.6 Å². The quantitative estimate of drug-likeness (QED) is 0.675. The van der Waals surface area contributed by atoms with E-state index in [1.54, 1.807) is 13.2 Å². The van der Waals surface area contributed by atoms with Crippen molar-refractivity contribution in [2.75, 3.05) is 7.11 Å². The van der Waals surface area contributed by atoms with Gasteiger partial charge in [-0.2, -0.15) is 0 Å². The van der Waals surface area contributed by atoms with Crippen molar-refractivity contribution in [3.05, 3.63) is 51.9 Å². The van der Waals surface area contributed by atoms with Crippen molar-refractivity contribution in [1.82, 2.24) is 0 Å². The summed E-state index contributed by atoms with van der Waals surface area (Å²) in [6, 6.07) is 9.20. The van der Waals surface area contributed by atoms with E-state index in [-0.39, 0.29) is 5.78 Å². The molecule has 0 saturated heterocycles. The van der Waals surface area contributed by atoms with Crippen molar-refractivity contribution in [3.63, 3.8) is 0 Å². The summed E-state index contributed by atoms with van der Waals surface area (Å²) in [7, 11) is 1.62. The third-order valence-corrected chi connectivity index (χ3v) is 3.96. The van der Waals surface area contributed by atoms with Gasteiger partial charge in [0.25, 0.3) is 0 Å². The van der Waals surface area contributed by atoms with Gasteiger partial charge in [0.05, 0.1) is 12.0 Å². The molecule has 0 aliphatic heterocycles. The second kappa shape index (κ2) is 4.55. The molecule has 0 fully saturated rings. The highest BCUT2D eigenvalue weighted by atomic mass is 32.1. The number of rotatable bonds is 3. The monoisotopic (exact) mass is 272 g/mol. The molecule has 0 atom stereocenters. The fourth-order valence-corrected chi connectivity index (χ4v) is 2.72. The lowest BCUT2D eigenvalue weighted by molar-refractivity contribution is 0.101. The number of thiophene rings is 1. The van der Waals surface area contributed by atoms with Crippen molar-refractivity contribution in [1.29, 1.82) is 0 Å². The lowest BCUT2D eigenvalue weighted by atomic mass is 10.1. The standard InChI is InChI=1S/C15H12O3S/c1-9-11-8-10(17-2)5-6-12(11)18-15(9)14(16)13-4-3-7-19-13/h3-8H,1-2H3. The minimum absolute atomic E-state index is 0.0670. The van der Waals surface area contributed by atoms with Crippen molar-refractivity contribution in [2.45, 2.75) is 6.92 Å². The Kier molecular flexibility index (Phi) is 2.87. The fraction of sp³-hybridized carbons (Fsp3) is 0.133. The van der Waals surface area contributed by atoms with E-state index in [0.717, 1.165) is 16.7 Å². The Morgan fingerprint density at radius 2 is 2.16 bits per heavy atom. The van der Waals surface area contributed by atoms with Gasteiger partial charge in [0.2, 0.25) is 5.78 Å². The molecule has 96 valence electrons. The van der Waals surface area contributed by atoms with Gasteiger partial charge in [-0.15, -0.1) is 11.3 Å². The summed E-state index contributed by atoms with van der Waals surface area (Å²) in [5, 5.41) is 2.80. The third-order valence-electron chi connectivity index (χ3n) is 3.09. The highest BCUT2D eigenvalue weighted by molar-refractivity contribution is 7.12. The number of furan rings is 1. The van der Waals surface area contributed by atoms with E-state index < -0.39 is 0 Å². The molecule has 0 aliphatic carbocycles. The van der Waals surface area contributed by atoms with Crippen LogP contribution in [0.4, 0.5) is 0 Å². The number of ketones is 1. The summed E-state index contributed by atoms with van der Waals surface area (Å²) in [5.74, 6) is 1.10. The Labute approximate surface area is 114 Å². The number of hydrogen-bond donors (Lipinski definition) is 0. The van der Waals surface area contributed by atoms with Crippen LogP contribution in [-0.4, -0.2) is 12.9 Å².